The van der Waals surface area contributed by atoms with Crippen LogP contribution in [0.1, 0.15) is 6.92 Å². The van der Waals surface area contributed by atoms with Crippen molar-refractivity contribution in [1.29, 1.82) is 0 Å². The van der Waals surface area contributed by atoms with Crippen LogP contribution >= 0.6 is 0 Å². The summed E-state index contributed by atoms with van der Waals surface area (Å²) in [5.74, 6) is 0. The molecule has 0 aliphatic heterocycles. The van der Waals surface area contributed by atoms with Crippen molar-refractivity contribution >= 4 is 6.09 Å². The van der Waals surface area contributed by atoms with Crippen LogP contribution in [0.25, 0.3) is 0 Å². The fourth-order valence-electron chi connectivity index (χ4n) is 0.318. The predicted octanol–water partition coefficient (Wildman–Crippen LogP) is 1.31. The number of halogens is 3. The standard InChI is InChI=1S/C5H7F3NO2/c1-2-9-4(10)11-3-5(6,7)8/h2-3H2,1H3. The Morgan fingerprint density at radius 2 is 2.09 bits per heavy atom. The minimum absolute atomic E-state index is 0.122. The van der Waals surface area contributed by atoms with Crippen molar-refractivity contribution < 1.29 is 22.7 Å². The fraction of sp³-hybridized carbons (Fsp3) is 0.800. The lowest BCUT2D eigenvalue weighted by Gasteiger charge is -2.05. The monoisotopic (exact) mass is 170 g/mol. The van der Waals surface area contributed by atoms with Gasteiger partial charge in [-0.3, -0.25) is 0 Å². The van der Waals surface area contributed by atoms with Crippen LogP contribution in [0.15, 0.2) is 0 Å². The average Bonchev–Trinajstić information content (AvgIpc) is 1.83. The number of nitrogens with zero attached hydrogens (tertiary/aromatic N) is 1. The molecule has 0 spiro atoms. The third-order valence-corrected chi connectivity index (χ3v) is 0.647. The number of hydrogen-bond donors (Lipinski definition) is 0. The van der Waals surface area contributed by atoms with Crippen molar-refractivity contribution in [2.75, 3.05) is 13.2 Å². The summed E-state index contributed by atoms with van der Waals surface area (Å²) in [6.07, 6.45) is -5.65. The molecule has 0 aromatic carbocycles. The molecule has 0 fully saturated rings. The molecule has 0 unspecified atom stereocenters. The van der Waals surface area contributed by atoms with Crippen LogP contribution in [0.3, 0.4) is 0 Å². The predicted molar refractivity (Wildman–Crippen MR) is 30.1 cm³/mol. The van der Waals surface area contributed by atoms with Crippen LogP contribution in [0.2, 0.25) is 0 Å². The number of alkyl halides is 3. The van der Waals surface area contributed by atoms with E-state index in [0.29, 0.717) is 0 Å². The van der Waals surface area contributed by atoms with E-state index in [-0.39, 0.29) is 6.54 Å². The van der Waals surface area contributed by atoms with Gasteiger partial charge in [-0.2, -0.15) is 13.2 Å². The molecule has 0 N–H and O–H groups in total. The number of amides is 1. The van der Waals surface area contributed by atoms with Crippen molar-refractivity contribution in [3.8, 4) is 0 Å². The van der Waals surface area contributed by atoms with Crippen molar-refractivity contribution in [3.63, 3.8) is 0 Å². The Labute approximate surface area is 61.5 Å². The molecule has 6 heteroatoms. The van der Waals surface area contributed by atoms with Crippen LogP contribution < -0.4 is 5.32 Å². The number of hydrogen-bond acceptors (Lipinski definition) is 2. The summed E-state index contributed by atoms with van der Waals surface area (Å²) in [6, 6.07) is 0. The maximum atomic E-state index is 11.3. The van der Waals surface area contributed by atoms with E-state index in [9.17, 15) is 18.0 Å². The summed E-state index contributed by atoms with van der Waals surface area (Å²) in [6.45, 7) is 0.0703. The van der Waals surface area contributed by atoms with E-state index >= 15 is 0 Å². The van der Waals surface area contributed by atoms with Gasteiger partial charge < -0.3 is 4.74 Å². The van der Waals surface area contributed by atoms with Gasteiger partial charge in [-0.05, 0) is 6.92 Å². The molecule has 0 saturated heterocycles. The second kappa shape index (κ2) is 4.05. The Bertz CT molecular complexity index is 134. The number of carbonyl (C=O) groups excluding carboxylic acids is 1. The number of carbonyl (C=O) groups is 1. The minimum atomic E-state index is -4.47. The summed E-state index contributed by atoms with van der Waals surface area (Å²) in [5.41, 5.74) is 0. The second-order valence-electron chi connectivity index (χ2n) is 1.64. The van der Waals surface area contributed by atoms with Gasteiger partial charge in [-0.15, -0.1) is 0 Å². The molecule has 0 saturated carbocycles. The van der Waals surface area contributed by atoms with Crippen molar-refractivity contribution in [2.45, 2.75) is 13.1 Å². The summed E-state index contributed by atoms with van der Waals surface area (Å²) < 4.78 is 37.7. The average molecular weight is 170 g/mol. The highest BCUT2D eigenvalue weighted by Gasteiger charge is 2.29. The van der Waals surface area contributed by atoms with Gasteiger partial charge in [0, 0.05) is 6.54 Å². The summed E-state index contributed by atoms with van der Waals surface area (Å²) in [7, 11) is 0. The van der Waals surface area contributed by atoms with E-state index < -0.39 is 18.9 Å². The topological polar surface area (TPSA) is 40.4 Å². The van der Waals surface area contributed by atoms with E-state index in [1.807, 2.05) is 0 Å². The Morgan fingerprint density at radius 1 is 1.55 bits per heavy atom. The van der Waals surface area contributed by atoms with Gasteiger partial charge in [0.05, 0.1) is 0 Å². The zero-order valence-corrected chi connectivity index (χ0v) is 5.81. The third kappa shape index (κ3) is 6.95. The minimum Gasteiger partial charge on any atom is -0.439 e. The molecule has 0 aliphatic rings. The Balaban J connectivity index is 3.46. The lowest BCUT2D eigenvalue weighted by molar-refractivity contribution is -0.160. The van der Waals surface area contributed by atoms with Gasteiger partial charge in [-0.1, -0.05) is 0 Å². The highest BCUT2D eigenvalue weighted by molar-refractivity contribution is 5.66. The Morgan fingerprint density at radius 3 is 2.45 bits per heavy atom. The van der Waals surface area contributed by atoms with E-state index in [1.165, 1.54) is 6.92 Å². The number of rotatable bonds is 2. The molecule has 0 aliphatic carbocycles. The van der Waals surface area contributed by atoms with Gasteiger partial charge >= 0.3 is 12.3 Å². The zero-order chi connectivity index (χ0) is 8.91. The first kappa shape index (κ1) is 10.1. The van der Waals surface area contributed by atoms with Crippen LogP contribution in [0.5, 0.6) is 0 Å². The Hall–Kier alpha value is -0.940. The largest absolute Gasteiger partial charge is 0.439 e. The van der Waals surface area contributed by atoms with E-state index in [2.05, 4.69) is 10.1 Å². The van der Waals surface area contributed by atoms with Crippen LogP contribution in [-0.4, -0.2) is 25.4 Å². The second-order valence-corrected chi connectivity index (χ2v) is 1.64. The molecular formula is C5H7F3NO2. The van der Waals surface area contributed by atoms with E-state index in [4.69, 9.17) is 0 Å². The van der Waals surface area contributed by atoms with Crippen LogP contribution in [0, 0.1) is 0 Å². The van der Waals surface area contributed by atoms with Crippen molar-refractivity contribution in [1.82, 2.24) is 5.32 Å². The van der Waals surface area contributed by atoms with Gasteiger partial charge in [0.2, 0.25) is 0 Å². The third-order valence-electron chi connectivity index (χ3n) is 0.647. The van der Waals surface area contributed by atoms with Crippen molar-refractivity contribution in [3.05, 3.63) is 0 Å². The lowest BCUT2D eigenvalue weighted by atomic mass is 10.7. The molecule has 1 amide bonds. The molecule has 0 aromatic rings. The first-order valence-corrected chi connectivity index (χ1v) is 2.86. The molecular weight excluding hydrogens is 163 g/mol. The molecule has 0 rings (SSSR count). The summed E-state index contributed by atoms with van der Waals surface area (Å²) >= 11 is 0. The van der Waals surface area contributed by atoms with Crippen molar-refractivity contribution in [2.24, 2.45) is 0 Å². The summed E-state index contributed by atoms with van der Waals surface area (Å²) in [4.78, 5) is 10.2. The Kier molecular flexibility index (Phi) is 3.70. The lowest BCUT2D eigenvalue weighted by Crippen LogP contribution is -2.24. The van der Waals surface area contributed by atoms with Gasteiger partial charge in [-0.25, -0.2) is 10.1 Å². The highest BCUT2D eigenvalue weighted by Crippen LogP contribution is 2.14. The molecule has 11 heavy (non-hydrogen) atoms. The number of ether oxygens (including phenoxy) is 1. The molecule has 65 valence electrons. The van der Waals surface area contributed by atoms with E-state index in [0.717, 1.165) is 0 Å². The zero-order valence-electron chi connectivity index (χ0n) is 5.81. The van der Waals surface area contributed by atoms with E-state index in [1.54, 1.807) is 0 Å². The summed E-state index contributed by atoms with van der Waals surface area (Å²) in [5, 5.41) is 3.07. The molecule has 0 bridgehead atoms. The molecule has 0 heterocycles. The van der Waals surface area contributed by atoms with Crippen LogP contribution in [-0.2, 0) is 4.74 Å². The van der Waals surface area contributed by atoms with Gasteiger partial charge in [0.1, 0.15) is 0 Å². The molecule has 0 aromatic heterocycles. The smallest absolute Gasteiger partial charge is 0.429 e. The first-order valence-electron chi connectivity index (χ1n) is 2.86. The maximum Gasteiger partial charge on any atom is 0.429 e. The quantitative estimate of drug-likeness (QED) is 0.626. The SMILES string of the molecule is CC[N]C(=O)OCC(F)(F)F. The molecule has 1 radical (unpaired) electrons. The van der Waals surface area contributed by atoms with Gasteiger partial charge in [0.25, 0.3) is 0 Å². The van der Waals surface area contributed by atoms with Crippen LogP contribution in [0.4, 0.5) is 18.0 Å². The fourth-order valence-corrected chi connectivity index (χ4v) is 0.318. The van der Waals surface area contributed by atoms with Gasteiger partial charge in [0.15, 0.2) is 6.61 Å². The maximum absolute atomic E-state index is 11.3. The molecule has 0 atom stereocenters. The molecule has 3 nitrogen and oxygen atoms in total. The first-order chi connectivity index (χ1) is 4.95. The normalized spacial score (nSPS) is 10.9. The highest BCUT2D eigenvalue weighted by atomic mass is 19.4.